The number of anilines is 1. The van der Waals surface area contributed by atoms with Gasteiger partial charge in [-0.3, -0.25) is 9.89 Å². The summed E-state index contributed by atoms with van der Waals surface area (Å²) < 4.78 is 0. The Kier molecular flexibility index (Phi) is 3.72. The molecule has 29 heavy (non-hydrogen) atoms. The molecule has 2 aromatic rings. The highest BCUT2D eigenvalue weighted by Gasteiger charge is 2.61. The Morgan fingerprint density at radius 3 is 2.79 bits per heavy atom. The predicted molar refractivity (Wildman–Crippen MR) is 118 cm³/mol. The first-order valence-electron chi connectivity index (χ1n) is 10.7. The van der Waals surface area contributed by atoms with Crippen LogP contribution in [0, 0.1) is 5.92 Å². The summed E-state index contributed by atoms with van der Waals surface area (Å²) in [7, 11) is 0. The molecule has 3 heterocycles. The minimum absolute atomic E-state index is 0.0621. The molecule has 2 saturated heterocycles. The van der Waals surface area contributed by atoms with Crippen molar-refractivity contribution in [3.8, 4) is 0 Å². The van der Waals surface area contributed by atoms with Crippen molar-refractivity contribution in [2.45, 2.75) is 31.2 Å². The number of nitrogens with one attached hydrogen (secondary N) is 2. The molecule has 3 atom stereocenters. The summed E-state index contributed by atoms with van der Waals surface area (Å²) in [4.78, 5) is 7.93. The van der Waals surface area contributed by atoms with E-state index in [-0.39, 0.29) is 5.41 Å². The van der Waals surface area contributed by atoms with Gasteiger partial charge in [0.25, 0.3) is 0 Å². The van der Waals surface area contributed by atoms with E-state index in [0.29, 0.717) is 12.0 Å². The third kappa shape index (κ3) is 2.32. The highest BCUT2D eigenvalue weighted by Crippen LogP contribution is 2.59. The minimum Gasteiger partial charge on any atom is -0.308 e. The highest BCUT2D eigenvalue weighted by atomic mass is 15.3. The van der Waals surface area contributed by atoms with Gasteiger partial charge in [-0.25, -0.2) is 0 Å². The van der Waals surface area contributed by atoms with E-state index in [1.54, 1.807) is 0 Å². The van der Waals surface area contributed by atoms with E-state index in [9.17, 15) is 0 Å². The summed E-state index contributed by atoms with van der Waals surface area (Å²) in [6.45, 7) is 4.43. The van der Waals surface area contributed by atoms with Gasteiger partial charge in [-0.15, -0.1) is 0 Å². The third-order valence-electron chi connectivity index (χ3n) is 7.37. The number of allylic oxidation sites excluding steroid dienone is 2. The maximum Gasteiger partial charge on any atom is 0.0675 e. The number of para-hydroxylation sites is 2. The average molecular weight is 383 g/mol. The van der Waals surface area contributed by atoms with Gasteiger partial charge in [-0.1, -0.05) is 48.0 Å². The molecular formula is C25H26N4. The Bertz CT molecular complexity index is 1050. The fourth-order valence-corrected chi connectivity index (χ4v) is 6.09. The summed E-state index contributed by atoms with van der Waals surface area (Å²) in [6, 6.07) is 19.6. The van der Waals surface area contributed by atoms with Crippen LogP contribution in [0.2, 0.25) is 0 Å². The zero-order valence-electron chi connectivity index (χ0n) is 16.7. The van der Waals surface area contributed by atoms with Gasteiger partial charge in [0.1, 0.15) is 0 Å². The molecule has 6 rings (SSSR count). The lowest BCUT2D eigenvalue weighted by molar-refractivity contribution is 0.179. The van der Waals surface area contributed by atoms with Crippen molar-refractivity contribution in [1.82, 2.24) is 10.3 Å². The van der Waals surface area contributed by atoms with Gasteiger partial charge in [0, 0.05) is 31.2 Å². The van der Waals surface area contributed by atoms with Crippen molar-refractivity contribution in [3.63, 3.8) is 0 Å². The molecule has 0 aromatic heterocycles. The van der Waals surface area contributed by atoms with E-state index in [4.69, 9.17) is 4.99 Å². The Balaban J connectivity index is 1.44. The molecule has 1 spiro atoms. The molecule has 4 nitrogen and oxygen atoms in total. The fraction of sp³-hybridized carbons (Fsp3) is 0.320. The molecule has 0 amide bonds. The Labute approximate surface area is 172 Å². The molecule has 1 aliphatic carbocycles. The van der Waals surface area contributed by atoms with Gasteiger partial charge in [0.2, 0.25) is 0 Å². The van der Waals surface area contributed by atoms with E-state index in [1.807, 2.05) is 18.2 Å². The number of hydrogen-bond donors (Lipinski definition) is 2. The molecule has 4 heteroatoms. The topological polar surface area (TPSA) is 39.7 Å². The molecular weight excluding hydrogens is 356 g/mol. The van der Waals surface area contributed by atoms with E-state index < -0.39 is 0 Å². The van der Waals surface area contributed by atoms with Crippen molar-refractivity contribution < 1.29 is 0 Å². The van der Waals surface area contributed by atoms with Crippen LogP contribution in [0.4, 0.5) is 11.4 Å². The van der Waals surface area contributed by atoms with Crippen LogP contribution in [0.25, 0.3) is 0 Å². The second-order valence-electron chi connectivity index (χ2n) is 8.57. The monoisotopic (exact) mass is 382 g/mol. The van der Waals surface area contributed by atoms with Crippen LogP contribution in [0.15, 0.2) is 83.0 Å². The van der Waals surface area contributed by atoms with Gasteiger partial charge < -0.3 is 10.9 Å². The molecule has 2 N–H and O–H groups in total. The Hall–Kier alpha value is -2.85. The van der Waals surface area contributed by atoms with E-state index >= 15 is 0 Å². The standard InChI is InChI=1S/C25H26N4/c1-2-17-16-29-13-12-25-21-10-6-7-11-22(21)27-24(25)20(19(17)14-23(25)29)15-26-28-18-8-4-3-5-9-18/h2-11,15,19,23,26,28H,12-14,16H2,1H3/b17-2-,20-15?/t19-,23-,25+/m0/s1. The Morgan fingerprint density at radius 2 is 1.93 bits per heavy atom. The van der Waals surface area contributed by atoms with Crippen LogP contribution in [0.5, 0.6) is 0 Å². The second-order valence-corrected chi connectivity index (χ2v) is 8.57. The molecule has 4 aliphatic rings. The number of aliphatic imine (C=N–C) groups is 1. The highest BCUT2D eigenvalue weighted by molar-refractivity contribution is 6.15. The van der Waals surface area contributed by atoms with Gasteiger partial charge in [0.05, 0.1) is 22.5 Å². The van der Waals surface area contributed by atoms with E-state index in [2.05, 4.69) is 71.3 Å². The van der Waals surface area contributed by atoms with Crippen molar-refractivity contribution in [2.24, 2.45) is 10.9 Å². The lowest BCUT2D eigenvalue weighted by atomic mass is 9.59. The van der Waals surface area contributed by atoms with E-state index in [1.165, 1.54) is 41.0 Å². The first-order valence-corrected chi connectivity index (χ1v) is 10.7. The van der Waals surface area contributed by atoms with Crippen LogP contribution in [-0.2, 0) is 5.41 Å². The molecule has 2 aromatic carbocycles. The molecule has 1 saturated carbocycles. The van der Waals surface area contributed by atoms with Crippen LogP contribution >= 0.6 is 0 Å². The summed E-state index contributed by atoms with van der Waals surface area (Å²) >= 11 is 0. The number of rotatable bonds is 3. The average Bonchev–Trinajstić information content (AvgIpc) is 3.32. The number of fused-ring (bicyclic) bond motifs is 2. The van der Waals surface area contributed by atoms with Gasteiger partial charge in [0.15, 0.2) is 0 Å². The predicted octanol–water partition coefficient (Wildman–Crippen LogP) is 4.57. The summed E-state index contributed by atoms with van der Waals surface area (Å²) in [5.74, 6) is 0.450. The fourth-order valence-electron chi connectivity index (χ4n) is 6.09. The van der Waals surface area contributed by atoms with Crippen molar-refractivity contribution >= 4 is 17.1 Å². The number of hydrazine groups is 1. The molecule has 0 unspecified atom stereocenters. The zero-order valence-corrected chi connectivity index (χ0v) is 16.7. The van der Waals surface area contributed by atoms with Crippen LogP contribution in [0.3, 0.4) is 0 Å². The largest absolute Gasteiger partial charge is 0.308 e. The maximum atomic E-state index is 5.23. The Morgan fingerprint density at radius 1 is 1.10 bits per heavy atom. The normalized spacial score (nSPS) is 32.1. The number of benzene rings is 2. The number of piperidine rings is 1. The smallest absolute Gasteiger partial charge is 0.0675 e. The summed E-state index contributed by atoms with van der Waals surface area (Å²) in [6.07, 6.45) is 6.86. The lowest BCUT2D eigenvalue weighted by Gasteiger charge is -2.49. The van der Waals surface area contributed by atoms with Crippen molar-refractivity contribution in [3.05, 3.63) is 83.6 Å². The van der Waals surface area contributed by atoms with Gasteiger partial charge in [-0.2, -0.15) is 0 Å². The molecule has 3 fully saturated rings. The lowest BCUT2D eigenvalue weighted by Crippen LogP contribution is -2.56. The quantitative estimate of drug-likeness (QED) is 0.604. The number of nitrogens with zero attached hydrogens (tertiary/aromatic N) is 2. The third-order valence-corrected chi connectivity index (χ3v) is 7.37. The minimum atomic E-state index is 0.0621. The van der Waals surface area contributed by atoms with E-state index in [0.717, 1.165) is 18.8 Å². The van der Waals surface area contributed by atoms with Crippen molar-refractivity contribution in [2.75, 3.05) is 18.5 Å². The molecule has 146 valence electrons. The van der Waals surface area contributed by atoms with Crippen LogP contribution < -0.4 is 10.9 Å². The second kappa shape index (κ2) is 6.33. The first kappa shape index (κ1) is 17.0. The number of hydrogen-bond acceptors (Lipinski definition) is 4. The molecule has 3 aliphatic heterocycles. The molecule has 0 radical (unpaired) electrons. The van der Waals surface area contributed by atoms with Crippen LogP contribution in [-0.4, -0.2) is 29.7 Å². The summed E-state index contributed by atoms with van der Waals surface area (Å²) in [5, 5.41) is 0. The first-order chi connectivity index (χ1) is 14.3. The van der Waals surface area contributed by atoms with Gasteiger partial charge in [-0.05, 0) is 49.1 Å². The van der Waals surface area contributed by atoms with Crippen molar-refractivity contribution in [1.29, 1.82) is 0 Å². The van der Waals surface area contributed by atoms with Crippen LogP contribution in [0.1, 0.15) is 25.3 Å². The zero-order chi connectivity index (χ0) is 19.4. The van der Waals surface area contributed by atoms with Gasteiger partial charge >= 0.3 is 0 Å². The SMILES string of the molecule is C/C=C1/CN2CC[C@@]34C(=Nc5ccccc53)C(=CNNc3ccccc3)[C@H]1C[C@H]24. The summed E-state index contributed by atoms with van der Waals surface area (Å²) in [5.41, 5.74) is 14.6. The maximum absolute atomic E-state index is 5.23. The molecule has 2 bridgehead atoms.